The molecule has 0 spiro atoms. The Hall–Kier alpha value is -0.630. The van der Waals surface area contributed by atoms with Crippen molar-refractivity contribution < 1.29 is 4.74 Å². The van der Waals surface area contributed by atoms with Crippen LogP contribution in [-0.4, -0.2) is 48.8 Å². The van der Waals surface area contributed by atoms with Gasteiger partial charge in [0.2, 0.25) is 0 Å². The Morgan fingerprint density at radius 3 is 2.76 bits per heavy atom. The summed E-state index contributed by atoms with van der Waals surface area (Å²) in [5.41, 5.74) is -0.268. The van der Waals surface area contributed by atoms with Gasteiger partial charge in [0.25, 0.3) is 0 Å². The van der Waals surface area contributed by atoms with Crippen molar-refractivity contribution >= 4 is 0 Å². The molecule has 4 atom stereocenters. The zero-order valence-corrected chi connectivity index (χ0v) is 13.5. The van der Waals surface area contributed by atoms with Crippen LogP contribution in [0.2, 0.25) is 0 Å². The van der Waals surface area contributed by atoms with Crippen LogP contribution in [0.4, 0.5) is 0 Å². The third-order valence-electron chi connectivity index (χ3n) is 5.74. The lowest BCUT2D eigenvalue weighted by Crippen LogP contribution is -2.56. The van der Waals surface area contributed by atoms with Crippen molar-refractivity contribution in [2.45, 2.75) is 75.6 Å². The molecule has 4 heteroatoms. The molecule has 1 N–H and O–H groups in total. The van der Waals surface area contributed by atoms with E-state index in [4.69, 9.17) is 4.74 Å². The topological polar surface area (TPSA) is 48.3 Å². The number of nitrogens with zero attached hydrogens (tertiary/aromatic N) is 2. The van der Waals surface area contributed by atoms with Gasteiger partial charge < -0.3 is 4.74 Å². The molecule has 118 valence electrons. The van der Waals surface area contributed by atoms with Crippen molar-refractivity contribution in [2.75, 3.05) is 20.2 Å². The maximum atomic E-state index is 9.72. The molecule has 1 aliphatic heterocycles. The second-order valence-electron chi connectivity index (χ2n) is 7.40. The summed E-state index contributed by atoms with van der Waals surface area (Å²) in [6.07, 6.45) is 8.49. The third kappa shape index (κ3) is 3.41. The summed E-state index contributed by atoms with van der Waals surface area (Å²) in [6.45, 7) is 4.49. The minimum absolute atomic E-state index is 0.268. The van der Waals surface area contributed by atoms with Gasteiger partial charge in [-0.3, -0.25) is 10.2 Å². The van der Waals surface area contributed by atoms with Gasteiger partial charge in [-0.1, -0.05) is 6.92 Å². The Labute approximate surface area is 128 Å². The van der Waals surface area contributed by atoms with E-state index in [0.29, 0.717) is 24.1 Å². The van der Waals surface area contributed by atoms with Crippen molar-refractivity contribution in [1.29, 1.82) is 5.26 Å². The predicted molar refractivity (Wildman–Crippen MR) is 82.9 cm³/mol. The van der Waals surface area contributed by atoms with Gasteiger partial charge in [0.1, 0.15) is 5.54 Å². The van der Waals surface area contributed by atoms with E-state index in [2.05, 4.69) is 23.2 Å². The largest absolute Gasteiger partial charge is 0.380 e. The fourth-order valence-electron chi connectivity index (χ4n) is 4.14. The second-order valence-corrected chi connectivity index (χ2v) is 7.40. The van der Waals surface area contributed by atoms with Crippen molar-refractivity contribution in [3.05, 3.63) is 0 Å². The van der Waals surface area contributed by atoms with Gasteiger partial charge in [0.15, 0.2) is 0 Å². The number of hydrogen-bond donors (Lipinski definition) is 1. The standard InChI is InChI=1S/C17H29N3O/c1-13-7-9-20(11-16(13)21-2)15-4-3-8-17(10-15,12-18)19-14-5-6-14/h13-16,19H,3-11H2,1-2H3. The molecule has 0 aromatic heterocycles. The SMILES string of the molecule is COC1CN(C2CCCC(C#N)(NC3CC3)C2)CCC1C. The normalized spacial score (nSPS) is 41.7. The molecule has 0 bridgehead atoms. The van der Waals surface area contributed by atoms with Crippen molar-refractivity contribution in [3.8, 4) is 6.07 Å². The monoisotopic (exact) mass is 291 g/mol. The number of nitriles is 1. The van der Waals surface area contributed by atoms with E-state index < -0.39 is 0 Å². The zero-order chi connectivity index (χ0) is 14.9. The van der Waals surface area contributed by atoms with Crippen LogP contribution >= 0.6 is 0 Å². The molecule has 1 heterocycles. The van der Waals surface area contributed by atoms with E-state index in [1.807, 2.05) is 7.11 Å². The van der Waals surface area contributed by atoms with Crippen molar-refractivity contribution in [1.82, 2.24) is 10.2 Å². The molecule has 2 aliphatic carbocycles. The fourth-order valence-corrected chi connectivity index (χ4v) is 4.14. The van der Waals surface area contributed by atoms with E-state index >= 15 is 0 Å². The molecule has 0 aromatic rings. The minimum Gasteiger partial charge on any atom is -0.380 e. The first kappa shape index (κ1) is 15.3. The van der Waals surface area contributed by atoms with Crippen LogP contribution in [0.25, 0.3) is 0 Å². The highest BCUT2D eigenvalue weighted by Gasteiger charge is 2.43. The smallest absolute Gasteiger partial charge is 0.108 e. The number of piperidine rings is 1. The summed E-state index contributed by atoms with van der Waals surface area (Å²) < 4.78 is 5.66. The highest BCUT2D eigenvalue weighted by atomic mass is 16.5. The van der Waals surface area contributed by atoms with Crippen LogP contribution in [0.3, 0.4) is 0 Å². The quantitative estimate of drug-likeness (QED) is 0.863. The van der Waals surface area contributed by atoms with E-state index in [9.17, 15) is 5.26 Å². The first-order chi connectivity index (χ1) is 10.2. The summed E-state index contributed by atoms with van der Waals surface area (Å²) in [6, 6.07) is 3.78. The summed E-state index contributed by atoms with van der Waals surface area (Å²) in [7, 11) is 1.83. The van der Waals surface area contributed by atoms with Gasteiger partial charge in [-0.25, -0.2) is 0 Å². The second kappa shape index (κ2) is 6.24. The van der Waals surface area contributed by atoms with Gasteiger partial charge in [0, 0.05) is 25.7 Å². The van der Waals surface area contributed by atoms with Crippen LogP contribution < -0.4 is 5.32 Å². The molecule has 0 amide bonds. The Morgan fingerprint density at radius 1 is 1.29 bits per heavy atom. The lowest BCUT2D eigenvalue weighted by atomic mass is 9.78. The molecule has 3 aliphatic rings. The number of likely N-dealkylation sites (tertiary alicyclic amines) is 1. The Kier molecular flexibility index (Phi) is 4.54. The van der Waals surface area contributed by atoms with Crippen LogP contribution in [0.15, 0.2) is 0 Å². The van der Waals surface area contributed by atoms with Crippen LogP contribution in [0, 0.1) is 17.2 Å². The molecule has 4 nitrogen and oxygen atoms in total. The average molecular weight is 291 g/mol. The molecular weight excluding hydrogens is 262 g/mol. The molecule has 0 radical (unpaired) electrons. The summed E-state index contributed by atoms with van der Waals surface area (Å²) in [4.78, 5) is 2.59. The zero-order valence-electron chi connectivity index (χ0n) is 13.5. The van der Waals surface area contributed by atoms with E-state index in [-0.39, 0.29) is 5.54 Å². The molecule has 0 aromatic carbocycles. The van der Waals surface area contributed by atoms with Gasteiger partial charge in [-0.15, -0.1) is 0 Å². The highest BCUT2D eigenvalue weighted by Crippen LogP contribution is 2.35. The average Bonchev–Trinajstić information content (AvgIpc) is 3.32. The minimum atomic E-state index is -0.268. The fraction of sp³-hybridized carbons (Fsp3) is 0.941. The number of rotatable bonds is 4. The molecule has 21 heavy (non-hydrogen) atoms. The summed E-state index contributed by atoms with van der Waals surface area (Å²) in [5, 5.41) is 13.4. The number of ether oxygens (including phenoxy) is 1. The maximum absolute atomic E-state index is 9.72. The summed E-state index contributed by atoms with van der Waals surface area (Å²) >= 11 is 0. The molecule has 4 unspecified atom stereocenters. The van der Waals surface area contributed by atoms with Gasteiger partial charge in [-0.05, 0) is 57.4 Å². The first-order valence-corrected chi connectivity index (χ1v) is 8.61. The highest BCUT2D eigenvalue weighted by molar-refractivity contribution is 5.13. The molecule has 2 saturated carbocycles. The number of hydrogen-bond acceptors (Lipinski definition) is 4. The van der Waals surface area contributed by atoms with E-state index in [1.165, 1.54) is 32.1 Å². The third-order valence-corrected chi connectivity index (χ3v) is 5.74. The molecule has 1 saturated heterocycles. The Morgan fingerprint density at radius 2 is 2.10 bits per heavy atom. The van der Waals surface area contributed by atoms with Gasteiger partial charge in [0.05, 0.1) is 12.2 Å². The predicted octanol–water partition coefficient (Wildman–Crippen LogP) is 2.30. The van der Waals surface area contributed by atoms with Crippen molar-refractivity contribution in [2.24, 2.45) is 5.92 Å². The van der Waals surface area contributed by atoms with Crippen LogP contribution in [0.1, 0.15) is 51.9 Å². The number of methoxy groups -OCH3 is 1. The van der Waals surface area contributed by atoms with E-state index in [0.717, 1.165) is 25.9 Å². The Balaban J connectivity index is 1.63. The maximum Gasteiger partial charge on any atom is 0.108 e. The Bertz CT molecular complexity index is 403. The van der Waals surface area contributed by atoms with Crippen molar-refractivity contribution in [3.63, 3.8) is 0 Å². The van der Waals surface area contributed by atoms with Gasteiger partial charge >= 0.3 is 0 Å². The number of nitrogens with one attached hydrogen (secondary N) is 1. The molecular formula is C17H29N3O. The molecule has 3 rings (SSSR count). The van der Waals surface area contributed by atoms with E-state index in [1.54, 1.807) is 0 Å². The van der Waals surface area contributed by atoms with Gasteiger partial charge in [-0.2, -0.15) is 5.26 Å². The lowest BCUT2D eigenvalue weighted by Gasteiger charge is -2.45. The summed E-state index contributed by atoms with van der Waals surface area (Å²) in [5.74, 6) is 0.653. The van der Waals surface area contributed by atoms with Crippen LogP contribution in [-0.2, 0) is 4.74 Å². The first-order valence-electron chi connectivity index (χ1n) is 8.61. The van der Waals surface area contributed by atoms with Crippen LogP contribution in [0.5, 0.6) is 0 Å². The molecule has 3 fully saturated rings. The lowest BCUT2D eigenvalue weighted by molar-refractivity contribution is -0.0285.